The van der Waals surface area contributed by atoms with Gasteiger partial charge >= 0.3 is 11.6 Å². The number of hydrogen-bond donors (Lipinski definition) is 0. The monoisotopic (exact) mass is 436 g/mol. The molecule has 31 heavy (non-hydrogen) atoms. The first-order valence-corrected chi connectivity index (χ1v) is 10.7. The minimum Gasteiger partial charge on any atom is -0.469 e. The van der Waals surface area contributed by atoms with Gasteiger partial charge in [-0.05, 0) is 36.2 Å². The Morgan fingerprint density at radius 1 is 1.13 bits per heavy atom. The van der Waals surface area contributed by atoms with Gasteiger partial charge in [-0.25, -0.2) is 9.78 Å². The van der Waals surface area contributed by atoms with Crippen LogP contribution in [0.2, 0.25) is 0 Å². The van der Waals surface area contributed by atoms with E-state index >= 15 is 0 Å². The molecule has 0 aliphatic rings. The lowest BCUT2D eigenvalue weighted by molar-refractivity contribution is -0.140. The van der Waals surface area contributed by atoms with E-state index in [-0.39, 0.29) is 18.5 Å². The highest BCUT2D eigenvalue weighted by Gasteiger charge is 2.14. The van der Waals surface area contributed by atoms with Crippen molar-refractivity contribution in [1.82, 2.24) is 9.55 Å². The van der Waals surface area contributed by atoms with E-state index in [0.29, 0.717) is 27.4 Å². The van der Waals surface area contributed by atoms with Gasteiger partial charge in [0, 0.05) is 23.8 Å². The van der Waals surface area contributed by atoms with E-state index < -0.39 is 11.6 Å². The molecular weight excluding hydrogens is 416 g/mol. The van der Waals surface area contributed by atoms with Crippen molar-refractivity contribution >= 4 is 39.6 Å². The van der Waals surface area contributed by atoms with Crippen molar-refractivity contribution in [1.29, 1.82) is 0 Å². The molecule has 0 aliphatic carbocycles. The molecule has 0 amide bonds. The third kappa shape index (κ3) is 4.39. The van der Waals surface area contributed by atoms with E-state index in [1.54, 1.807) is 18.2 Å². The van der Waals surface area contributed by atoms with E-state index in [9.17, 15) is 14.4 Å². The van der Waals surface area contributed by atoms with Gasteiger partial charge < -0.3 is 9.15 Å². The Labute approximate surface area is 181 Å². The van der Waals surface area contributed by atoms with Gasteiger partial charge in [-0.15, -0.1) is 0 Å². The van der Waals surface area contributed by atoms with Gasteiger partial charge in [0.15, 0.2) is 5.16 Å². The molecule has 0 saturated heterocycles. The molecule has 4 aromatic rings. The first kappa shape index (κ1) is 20.9. The van der Waals surface area contributed by atoms with Gasteiger partial charge in [0.1, 0.15) is 5.58 Å². The summed E-state index contributed by atoms with van der Waals surface area (Å²) in [6, 6.07) is 14.3. The number of carbonyl (C=O) groups excluding carboxylic acids is 1. The number of benzene rings is 2. The van der Waals surface area contributed by atoms with Gasteiger partial charge in [0.2, 0.25) is 0 Å². The van der Waals surface area contributed by atoms with Crippen molar-refractivity contribution in [3.8, 4) is 0 Å². The Balaban J connectivity index is 1.74. The summed E-state index contributed by atoms with van der Waals surface area (Å²) in [5, 5.41) is 1.79. The molecule has 4 rings (SSSR count). The average Bonchev–Trinajstić information content (AvgIpc) is 2.76. The molecule has 0 bridgehead atoms. The molecule has 0 N–H and O–H groups in total. The lowest BCUT2D eigenvalue weighted by Gasteiger charge is -2.13. The molecule has 0 aliphatic heterocycles. The standard InChI is InChI=1S/C23H20N2O5S/c1-14-7-8-16-15(12-21(27)30-19(16)11-14)13-31-23-24-18-6-4-3-5-17(18)22(28)25(23)10-9-20(26)29-2/h3-8,11-12H,9-10,13H2,1-2H3. The maximum absolute atomic E-state index is 13.1. The summed E-state index contributed by atoms with van der Waals surface area (Å²) >= 11 is 1.34. The number of thioether (sulfide) groups is 1. The Bertz CT molecular complexity index is 1410. The van der Waals surface area contributed by atoms with Crippen molar-refractivity contribution in [2.24, 2.45) is 0 Å². The van der Waals surface area contributed by atoms with Crippen molar-refractivity contribution in [2.75, 3.05) is 7.11 Å². The number of hydrogen-bond acceptors (Lipinski definition) is 7. The normalized spacial score (nSPS) is 11.2. The summed E-state index contributed by atoms with van der Waals surface area (Å²) in [6.45, 7) is 2.09. The Kier molecular flexibility index (Phi) is 5.90. The molecule has 0 radical (unpaired) electrons. The molecule has 8 heteroatoms. The molecule has 0 unspecified atom stereocenters. The SMILES string of the molecule is COC(=O)CCn1c(SCc2cc(=O)oc3cc(C)ccc23)nc2ccccc2c1=O. The maximum atomic E-state index is 13.1. The summed E-state index contributed by atoms with van der Waals surface area (Å²) < 4.78 is 11.5. The number of nitrogens with zero attached hydrogens (tertiary/aromatic N) is 2. The number of carbonyl (C=O) groups is 1. The largest absolute Gasteiger partial charge is 0.469 e. The minimum atomic E-state index is -0.428. The van der Waals surface area contributed by atoms with Gasteiger partial charge in [-0.2, -0.15) is 0 Å². The molecule has 0 saturated carbocycles. The van der Waals surface area contributed by atoms with Crippen LogP contribution in [0.3, 0.4) is 0 Å². The van der Waals surface area contributed by atoms with Crippen LogP contribution in [0.1, 0.15) is 17.5 Å². The highest BCUT2D eigenvalue weighted by Crippen LogP contribution is 2.26. The summed E-state index contributed by atoms with van der Waals surface area (Å²) in [4.78, 5) is 41.4. The molecule has 2 aromatic heterocycles. The molecule has 7 nitrogen and oxygen atoms in total. The molecule has 0 atom stereocenters. The van der Waals surface area contributed by atoms with Crippen LogP contribution < -0.4 is 11.2 Å². The number of fused-ring (bicyclic) bond motifs is 2. The second-order valence-electron chi connectivity index (χ2n) is 7.07. The van der Waals surface area contributed by atoms with Crippen LogP contribution >= 0.6 is 11.8 Å². The van der Waals surface area contributed by atoms with Crippen molar-refractivity contribution in [2.45, 2.75) is 30.8 Å². The zero-order chi connectivity index (χ0) is 22.0. The highest BCUT2D eigenvalue weighted by molar-refractivity contribution is 7.98. The minimum absolute atomic E-state index is 0.0567. The van der Waals surface area contributed by atoms with E-state index in [1.165, 1.54) is 29.5 Å². The number of aromatic nitrogens is 2. The number of ether oxygens (including phenoxy) is 1. The van der Waals surface area contributed by atoms with Crippen LogP contribution in [-0.2, 0) is 21.8 Å². The predicted octanol–water partition coefficient (Wildman–Crippen LogP) is 3.67. The van der Waals surface area contributed by atoms with Crippen molar-refractivity contribution in [3.63, 3.8) is 0 Å². The summed E-state index contributed by atoms with van der Waals surface area (Å²) in [5.41, 5.74) is 2.25. The summed E-state index contributed by atoms with van der Waals surface area (Å²) in [5.74, 6) is 0.00629. The molecular formula is C23H20N2O5S. The highest BCUT2D eigenvalue weighted by atomic mass is 32.2. The van der Waals surface area contributed by atoms with E-state index in [4.69, 9.17) is 9.15 Å². The fourth-order valence-electron chi connectivity index (χ4n) is 3.36. The topological polar surface area (TPSA) is 91.4 Å². The number of methoxy groups -OCH3 is 1. The summed E-state index contributed by atoms with van der Waals surface area (Å²) in [7, 11) is 1.31. The number of para-hydroxylation sites is 1. The lowest BCUT2D eigenvalue weighted by atomic mass is 10.1. The van der Waals surface area contributed by atoms with E-state index in [2.05, 4.69) is 4.98 Å². The molecule has 2 aromatic carbocycles. The quantitative estimate of drug-likeness (QED) is 0.197. The molecule has 2 heterocycles. The maximum Gasteiger partial charge on any atom is 0.336 e. The number of rotatable bonds is 6. The van der Waals surface area contributed by atoms with Crippen LogP contribution in [-0.4, -0.2) is 22.6 Å². The van der Waals surface area contributed by atoms with Gasteiger partial charge in [0.05, 0.1) is 24.4 Å². The second kappa shape index (κ2) is 8.77. The third-order valence-corrected chi connectivity index (χ3v) is 5.96. The van der Waals surface area contributed by atoms with Crippen LogP contribution in [0.25, 0.3) is 21.9 Å². The third-order valence-electron chi connectivity index (χ3n) is 4.94. The Hall–Kier alpha value is -3.39. The second-order valence-corrected chi connectivity index (χ2v) is 8.02. The van der Waals surface area contributed by atoms with Gasteiger partial charge in [0.25, 0.3) is 5.56 Å². The fourth-order valence-corrected chi connectivity index (χ4v) is 4.38. The van der Waals surface area contributed by atoms with Crippen LogP contribution in [0.15, 0.2) is 67.7 Å². The first-order valence-electron chi connectivity index (χ1n) is 9.69. The zero-order valence-corrected chi connectivity index (χ0v) is 17.9. The van der Waals surface area contributed by atoms with Crippen LogP contribution in [0.4, 0.5) is 0 Å². The van der Waals surface area contributed by atoms with E-state index in [0.717, 1.165) is 16.5 Å². The molecule has 158 valence electrons. The average molecular weight is 436 g/mol. The molecule has 0 fully saturated rings. The first-order chi connectivity index (χ1) is 15.0. The van der Waals surface area contributed by atoms with Gasteiger partial charge in [-0.3, -0.25) is 14.2 Å². The smallest absolute Gasteiger partial charge is 0.336 e. The fraction of sp³-hybridized carbons (Fsp3) is 0.217. The summed E-state index contributed by atoms with van der Waals surface area (Å²) in [6.07, 6.45) is 0.0567. The molecule has 0 spiro atoms. The Morgan fingerprint density at radius 3 is 2.74 bits per heavy atom. The number of esters is 1. The van der Waals surface area contributed by atoms with Crippen LogP contribution in [0, 0.1) is 6.92 Å². The van der Waals surface area contributed by atoms with Crippen molar-refractivity contribution in [3.05, 3.63) is 80.4 Å². The zero-order valence-electron chi connectivity index (χ0n) is 17.1. The van der Waals surface area contributed by atoms with Crippen LogP contribution in [0.5, 0.6) is 0 Å². The van der Waals surface area contributed by atoms with Gasteiger partial charge in [-0.1, -0.05) is 36.0 Å². The lowest BCUT2D eigenvalue weighted by Crippen LogP contribution is -2.25. The van der Waals surface area contributed by atoms with Crippen molar-refractivity contribution < 1.29 is 13.9 Å². The number of aryl methyl sites for hydroxylation is 1. The Morgan fingerprint density at radius 2 is 1.94 bits per heavy atom. The van der Waals surface area contributed by atoms with E-state index in [1.807, 2.05) is 31.2 Å². The predicted molar refractivity (Wildman–Crippen MR) is 119 cm³/mol.